The molecule has 2 atom stereocenters. The van der Waals surface area contributed by atoms with Gasteiger partial charge < -0.3 is 38.5 Å². The molecule has 5 rings (SSSR count). The molecule has 4 aromatic carbocycles. The summed E-state index contributed by atoms with van der Waals surface area (Å²) >= 11 is 0. The van der Waals surface area contributed by atoms with Crippen LogP contribution < -0.4 is 33.7 Å². The van der Waals surface area contributed by atoms with Crippen molar-refractivity contribution < 1.29 is 47.5 Å². The fourth-order valence-corrected chi connectivity index (χ4v) is 5.44. The predicted molar refractivity (Wildman–Crippen MR) is 175 cm³/mol. The number of ketones is 1. The number of amides is 1. The fourth-order valence-electron chi connectivity index (χ4n) is 5.44. The molecular formula is C37H37NO10. The minimum Gasteiger partial charge on any atom is -0.493 e. The second-order valence-electron chi connectivity index (χ2n) is 10.9. The number of esters is 1. The third-order valence-electron chi connectivity index (χ3n) is 7.84. The lowest BCUT2D eigenvalue weighted by Crippen LogP contribution is -2.44. The first-order chi connectivity index (χ1) is 23.3. The maximum absolute atomic E-state index is 13.7. The number of fused-ring (bicyclic) bond motifs is 1. The van der Waals surface area contributed by atoms with Crippen molar-refractivity contribution in [1.82, 2.24) is 5.32 Å². The standard InChI is InChI=1S/C37H37NO10/c1-42-28-16-15-25(17-26-22-46-30-20-31(43-2)34(44-3)35(45-4)32(30)33(26)39)19-29(28)48-36(40)27(18-23-11-7-5-8-12-23)38-37(41)47-21-24-13-9-6-10-14-24/h5-16,19-20,26-27H,17-18,21-22H2,1-4H3,(H,38,41). The lowest BCUT2D eigenvalue weighted by molar-refractivity contribution is -0.136. The number of carbonyl (C=O) groups excluding carboxylic acids is 3. The smallest absolute Gasteiger partial charge is 0.408 e. The highest BCUT2D eigenvalue weighted by Gasteiger charge is 2.35. The van der Waals surface area contributed by atoms with Gasteiger partial charge in [-0.3, -0.25) is 4.79 Å². The van der Waals surface area contributed by atoms with E-state index in [0.29, 0.717) is 22.8 Å². The Bertz CT molecular complexity index is 1740. The van der Waals surface area contributed by atoms with Crippen LogP contribution in [0.2, 0.25) is 0 Å². The largest absolute Gasteiger partial charge is 0.493 e. The van der Waals surface area contributed by atoms with Gasteiger partial charge in [0.25, 0.3) is 0 Å². The van der Waals surface area contributed by atoms with Gasteiger partial charge in [0.05, 0.1) is 41.0 Å². The minimum atomic E-state index is -1.08. The van der Waals surface area contributed by atoms with Gasteiger partial charge in [-0.05, 0) is 35.2 Å². The molecule has 11 heteroatoms. The van der Waals surface area contributed by atoms with Gasteiger partial charge in [-0.25, -0.2) is 9.59 Å². The van der Waals surface area contributed by atoms with Crippen LogP contribution in [-0.2, 0) is 29.0 Å². The molecule has 0 fully saturated rings. The molecule has 11 nitrogen and oxygen atoms in total. The van der Waals surface area contributed by atoms with E-state index in [1.54, 1.807) is 24.3 Å². The molecule has 0 spiro atoms. The summed E-state index contributed by atoms with van der Waals surface area (Å²) in [6.45, 7) is 0.149. The average molecular weight is 656 g/mol. The summed E-state index contributed by atoms with van der Waals surface area (Å²) in [6, 6.07) is 24.1. The van der Waals surface area contributed by atoms with Crippen molar-refractivity contribution in [3.05, 3.63) is 107 Å². The number of Topliss-reactive ketones (excluding diaryl/α,β-unsaturated/α-hetero) is 1. The Labute approximate surface area is 278 Å². The Balaban J connectivity index is 1.34. The lowest BCUT2D eigenvalue weighted by atomic mass is 9.88. The van der Waals surface area contributed by atoms with E-state index >= 15 is 0 Å². The second-order valence-corrected chi connectivity index (χ2v) is 10.9. The molecule has 0 radical (unpaired) electrons. The SMILES string of the molecule is COc1ccc(CC2COc3cc(OC)c(OC)c(OC)c3C2=O)cc1OC(=O)C(Cc1ccccc1)NC(=O)OCc1ccccc1. The first-order valence-corrected chi connectivity index (χ1v) is 15.2. The molecule has 1 N–H and O–H groups in total. The molecule has 0 aromatic heterocycles. The molecule has 0 bridgehead atoms. The highest BCUT2D eigenvalue weighted by atomic mass is 16.6. The van der Waals surface area contributed by atoms with Crippen molar-refractivity contribution in [3.8, 4) is 34.5 Å². The number of hydrogen-bond acceptors (Lipinski definition) is 10. The molecule has 0 aliphatic carbocycles. The van der Waals surface area contributed by atoms with Crippen LogP contribution in [0, 0.1) is 5.92 Å². The van der Waals surface area contributed by atoms with E-state index in [2.05, 4.69) is 5.32 Å². The number of rotatable bonds is 13. The van der Waals surface area contributed by atoms with E-state index in [1.807, 2.05) is 60.7 Å². The van der Waals surface area contributed by atoms with Crippen molar-refractivity contribution in [2.45, 2.75) is 25.5 Å². The van der Waals surface area contributed by atoms with Gasteiger partial charge in [-0.1, -0.05) is 66.7 Å². The van der Waals surface area contributed by atoms with Crippen molar-refractivity contribution in [1.29, 1.82) is 0 Å². The van der Waals surface area contributed by atoms with Crippen LogP contribution in [0.15, 0.2) is 84.9 Å². The normalized spacial score (nSPS) is 14.1. The van der Waals surface area contributed by atoms with Gasteiger partial charge in [0.2, 0.25) is 5.75 Å². The number of alkyl carbamates (subject to hydrolysis) is 1. The maximum atomic E-state index is 13.7. The van der Waals surface area contributed by atoms with Crippen molar-refractivity contribution in [3.63, 3.8) is 0 Å². The Hall–Kier alpha value is -5.71. The van der Waals surface area contributed by atoms with E-state index in [1.165, 1.54) is 28.4 Å². The van der Waals surface area contributed by atoms with Gasteiger partial charge in [0, 0.05) is 12.5 Å². The molecule has 1 heterocycles. The number of nitrogens with one attached hydrogen (secondary N) is 1. The molecule has 2 unspecified atom stereocenters. The van der Waals surface area contributed by atoms with E-state index in [9.17, 15) is 14.4 Å². The molecule has 1 amide bonds. The predicted octanol–water partition coefficient (Wildman–Crippen LogP) is 5.60. The fraction of sp³-hybridized carbons (Fsp3) is 0.270. The molecule has 0 saturated carbocycles. The van der Waals surface area contributed by atoms with Crippen molar-refractivity contribution >= 4 is 17.8 Å². The molecule has 0 saturated heterocycles. The summed E-state index contributed by atoms with van der Waals surface area (Å²) < 4.78 is 39.1. The Morgan fingerprint density at radius 1 is 0.771 bits per heavy atom. The Morgan fingerprint density at radius 2 is 1.44 bits per heavy atom. The van der Waals surface area contributed by atoms with Crippen LogP contribution in [0.4, 0.5) is 4.79 Å². The maximum Gasteiger partial charge on any atom is 0.408 e. The molecule has 48 heavy (non-hydrogen) atoms. The van der Waals surface area contributed by atoms with E-state index in [0.717, 1.165) is 11.1 Å². The molecule has 1 aliphatic heterocycles. The Kier molecular flexibility index (Phi) is 11.0. The van der Waals surface area contributed by atoms with Crippen molar-refractivity contribution in [2.75, 3.05) is 35.0 Å². The zero-order chi connectivity index (χ0) is 34.0. The van der Waals surface area contributed by atoms with Gasteiger partial charge in [0.15, 0.2) is 28.8 Å². The van der Waals surface area contributed by atoms with Gasteiger partial charge >= 0.3 is 12.1 Å². The molecule has 250 valence electrons. The second kappa shape index (κ2) is 15.7. The monoisotopic (exact) mass is 655 g/mol. The number of methoxy groups -OCH3 is 4. The van der Waals surface area contributed by atoms with Gasteiger partial charge in [-0.2, -0.15) is 0 Å². The number of hydrogen-bond donors (Lipinski definition) is 1. The molecular weight excluding hydrogens is 618 g/mol. The highest BCUT2D eigenvalue weighted by Crippen LogP contribution is 2.47. The van der Waals surface area contributed by atoms with E-state index in [-0.39, 0.29) is 54.7 Å². The summed E-state index contributed by atoms with van der Waals surface area (Å²) in [5.74, 6) is 0.182. The van der Waals surface area contributed by atoms with Crippen LogP contribution in [0.3, 0.4) is 0 Å². The summed E-state index contributed by atoms with van der Waals surface area (Å²) in [6.07, 6.45) is -0.342. The van der Waals surface area contributed by atoms with Gasteiger partial charge in [-0.15, -0.1) is 0 Å². The van der Waals surface area contributed by atoms with Crippen LogP contribution >= 0.6 is 0 Å². The van der Waals surface area contributed by atoms with Gasteiger partial charge in [0.1, 0.15) is 24.0 Å². The minimum absolute atomic E-state index is 0.0376. The first-order valence-electron chi connectivity index (χ1n) is 15.2. The average Bonchev–Trinajstić information content (AvgIpc) is 3.11. The number of carbonyl (C=O) groups is 3. The van der Waals surface area contributed by atoms with Crippen molar-refractivity contribution in [2.24, 2.45) is 5.92 Å². The first kappa shape index (κ1) is 33.6. The summed E-state index contributed by atoms with van der Waals surface area (Å²) in [4.78, 5) is 40.1. The van der Waals surface area contributed by atoms with E-state index < -0.39 is 24.0 Å². The van der Waals surface area contributed by atoms with E-state index in [4.69, 9.17) is 33.2 Å². The molecule has 1 aliphatic rings. The topological polar surface area (TPSA) is 128 Å². The third-order valence-corrected chi connectivity index (χ3v) is 7.84. The number of benzene rings is 4. The molecule has 4 aromatic rings. The third kappa shape index (κ3) is 7.80. The zero-order valence-electron chi connectivity index (χ0n) is 27.1. The van der Waals surface area contributed by atoms with Crippen LogP contribution in [-0.4, -0.2) is 58.9 Å². The summed E-state index contributed by atoms with van der Waals surface area (Å²) in [7, 11) is 5.85. The van der Waals surface area contributed by atoms with Crippen LogP contribution in [0.5, 0.6) is 34.5 Å². The van der Waals surface area contributed by atoms with Crippen LogP contribution in [0.1, 0.15) is 27.0 Å². The van der Waals surface area contributed by atoms with Crippen LogP contribution in [0.25, 0.3) is 0 Å². The summed E-state index contributed by atoms with van der Waals surface area (Å²) in [5, 5.41) is 2.65. The quantitative estimate of drug-likeness (QED) is 0.144. The Morgan fingerprint density at radius 3 is 2.08 bits per heavy atom. The summed E-state index contributed by atoms with van der Waals surface area (Å²) in [5.41, 5.74) is 2.57. The lowest BCUT2D eigenvalue weighted by Gasteiger charge is -2.27. The number of ether oxygens (including phenoxy) is 7. The zero-order valence-corrected chi connectivity index (χ0v) is 27.1. The highest BCUT2D eigenvalue weighted by molar-refractivity contribution is 6.05.